The van der Waals surface area contributed by atoms with Crippen LogP contribution in [-0.4, -0.2) is 5.91 Å². The molecule has 0 aliphatic rings. The van der Waals surface area contributed by atoms with Crippen LogP contribution in [0, 0.1) is 11.3 Å². The summed E-state index contributed by atoms with van der Waals surface area (Å²) < 4.78 is 0.985. The quantitative estimate of drug-likeness (QED) is 0.937. The van der Waals surface area contributed by atoms with Gasteiger partial charge in [0.15, 0.2) is 0 Å². The highest BCUT2D eigenvalue weighted by molar-refractivity contribution is 9.10. The first-order valence-corrected chi connectivity index (χ1v) is 6.97. The molecule has 3 nitrogen and oxygen atoms in total. The Balaban J connectivity index is 1.89. The number of hydrogen-bond acceptors (Lipinski definition) is 2. The summed E-state index contributed by atoms with van der Waals surface area (Å²) in [4.78, 5) is 11.9. The summed E-state index contributed by atoms with van der Waals surface area (Å²) in [5, 5.41) is 11.6. The lowest BCUT2D eigenvalue weighted by Crippen LogP contribution is -2.24. The maximum Gasteiger partial charge on any atom is 0.224 e. The van der Waals surface area contributed by atoms with Crippen molar-refractivity contribution in [3.05, 3.63) is 69.7 Å². The second-order valence-electron chi connectivity index (χ2n) is 4.35. The van der Waals surface area contributed by atoms with Crippen LogP contribution >= 0.6 is 15.9 Å². The normalized spacial score (nSPS) is 9.80. The van der Waals surface area contributed by atoms with Gasteiger partial charge in [-0.1, -0.05) is 46.3 Å². The van der Waals surface area contributed by atoms with E-state index in [0.29, 0.717) is 18.5 Å². The van der Waals surface area contributed by atoms with Gasteiger partial charge in [-0.05, 0) is 29.3 Å². The average Bonchev–Trinajstić information content (AvgIpc) is 2.47. The van der Waals surface area contributed by atoms with E-state index in [1.807, 2.05) is 24.3 Å². The number of rotatable bonds is 4. The molecule has 0 unspecified atom stereocenters. The fourth-order valence-electron chi connectivity index (χ4n) is 1.78. The van der Waals surface area contributed by atoms with Gasteiger partial charge in [-0.2, -0.15) is 5.26 Å². The Morgan fingerprint density at radius 3 is 2.50 bits per heavy atom. The minimum atomic E-state index is -0.0366. The van der Waals surface area contributed by atoms with Crippen LogP contribution in [0.15, 0.2) is 53.0 Å². The topological polar surface area (TPSA) is 52.9 Å². The Hall–Kier alpha value is -2.12. The summed E-state index contributed by atoms with van der Waals surface area (Å²) in [6.45, 7) is 0.497. The highest BCUT2D eigenvalue weighted by atomic mass is 79.9. The van der Waals surface area contributed by atoms with E-state index >= 15 is 0 Å². The summed E-state index contributed by atoms with van der Waals surface area (Å²) in [5.74, 6) is -0.0366. The standard InChI is InChI=1S/C16H13BrN2O/c17-15-4-2-1-3-14(15)11-19-16(20)9-12-5-7-13(10-18)8-6-12/h1-8H,9,11H2,(H,19,20). The van der Waals surface area contributed by atoms with Gasteiger partial charge >= 0.3 is 0 Å². The highest BCUT2D eigenvalue weighted by Gasteiger charge is 2.05. The number of hydrogen-bond donors (Lipinski definition) is 1. The molecule has 2 aromatic carbocycles. The minimum absolute atomic E-state index is 0.0366. The monoisotopic (exact) mass is 328 g/mol. The third-order valence-corrected chi connectivity index (χ3v) is 3.66. The second kappa shape index (κ2) is 6.88. The SMILES string of the molecule is N#Cc1ccc(CC(=O)NCc2ccccc2Br)cc1. The van der Waals surface area contributed by atoms with E-state index in [9.17, 15) is 4.79 Å². The first kappa shape index (κ1) is 14.3. The molecular weight excluding hydrogens is 316 g/mol. The Kier molecular flexibility index (Phi) is 4.91. The summed E-state index contributed by atoms with van der Waals surface area (Å²) in [5.41, 5.74) is 2.54. The van der Waals surface area contributed by atoms with E-state index in [4.69, 9.17) is 5.26 Å². The summed E-state index contributed by atoms with van der Waals surface area (Å²) >= 11 is 3.45. The smallest absolute Gasteiger partial charge is 0.224 e. The molecule has 0 fully saturated rings. The number of amides is 1. The van der Waals surface area contributed by atoms with Crippen LogP contribution in [-0.2, 0) is 17.8 Å². The first-order chi connectivity index (χ1) is 9.69. The molecule has 0 atom stereocenters. The molecule has 0 radical (unpaired) electrons. The lowest BCUT2D eigenvalue weighted by Gasteiger charge is -2.07. The molecule has 0 spiro atoms. The van der Waals surface area contributed by atoms with Gasteiger partial charge in [-0.25, -0.2) is 0 Å². The van der Waals surface area contributed by atoms with Gasteiger partial charge in [0.25, 0.3) is 0 Å². The van der Waals surface area contributed by atoms with Crippen LogP contribution in [0.1, 0.15) is 16.7 Å². The van der Waals surface area contributed by atoms with Crippen molar-refractivity contribution in [1.82, 2.24) is 5.32 Å². The van der Waals surface area contributed by atoms with E-state index < -0.39 is 0 Å². The molecule has 2 aromatic rings. The van der Waals surface area contributed by atoms with Crippen molar-refractivity contribution in [2.24, 2.45) is 0 Å². The fourth-order valence-corrected chi connectivity index (χ4v) is 2.21. The summed E-state index contributed by atoms with van der Waals surface area (Å²) in [7, 11) is 0. The van der Waals surface area contributed by atoms with Crippen LogP contribution in [0.2, 0.25) is 0 Å². The summed E-state index contributed by atoms with van der Waals surface area (Å²) in [6.07, 6.45) is 0.316. The molecule has 0 heterocycles. The molecule has 1 amide bonds. The van der Waals surface area contributed by atoms with Crippen LogP contribution in [0.25, 0.3) is 0 Å². The van der Waals surface area contributed by atoms with Crippen molar-refractivity contribution in [3.8, 4) is 6.07 Å². The molecule has 1 N–H and O–H groups in total. The van der Waals surface area contributed by atoms with E-state index in [1.54, 1.807) is 24.3 Å². The van der Waals surface area contributed by atoms with Crippen LogP contribution < -0.4 is 5.32 Å². The zero-order valence-electron chi connectivity index (χ0n) is 10.8. The van der Waals surface area contributed by atoms with Crippen LogP contribution in [0.3, 0.4) is 0 Å². The number of nitriles is 1. The number of benzene rings is 2. The lowest BCUT2D eigenvalue weighted by molar-refractivity contribution is -0.120. The maximum absolute atomic E-state index is 11.9. The predicted octanol–water partition coefficient (Wildman–Crippen LogP) is 3.18. The average molecular weight is 329 g/mol. The maximum atomic E-state index is 11.9. The highest BCUT2D eigenvalue weighted by Crippen LogP contribution is 2.15. The van der Waals surface area contributed by atoms with Gasteiger partial charge in [0, 0.05) is 11.0 Å². The van der Waals surface area contributed by atoms with Crippen molar-refractivity contribution in [2.75, 3.05) is 0 Å². The predicted molar refractivity (Wildman–Crippen MR) is 80.8 cm³/mol. The van der Waals surface area contributed by atoms with Gasteiger partial charge in [-0.15, -0.1) is 0 Å². The van der Waals surface area contributed by atoms with Crippen molar-refractivity contribution >= 4 is 21.8 Å². The molecule has 0 aromatic heterocycles. The van der Waals surface area contributed by atoms with Crippen molar-refractivity contribution < 1.29 is 4.79 Å². The number of carbonyl (C=O) groups is 1. The molecule has 0 saturated heterocycles. The van der Waals surface area contributed by atoms with E-state index in [0.717, 1.165) is 15.6 Å². The molecule has 0 aliphatic carbocycles. The van der Waals surface area contributed by atoms with E-state index in [-0.39, 0.29) is 5.91 Å². The Morgan fingerprint density at radius 1 is 1.15 bits per heavy atom. The summed E-state index contributed by atoms with van der Waals surface area (Å²) in [6, 6.07) is 16.9. The number of nitrogens with one attached hydrogen (secondary N) is 1. The molecule has 20 heavy (non-hydrogen) atoms. The third-order valence-electron chi connectivity index (χ3n) is 2.88. The van der Waals surface area contributed by atoms with Gasteiger partial charge in [0.1, 0.15) is 0 Å². The zero-order chi connectivity index (χ0) is 14.4. The molecule has 0 bridgehead atoms. The Labute approximate surface area is 126 Å². The molecule has 100 valence electrons. The van der Waals surface area contributed by atoms with Crippen LogP contribution in [0.4, 0.5) is 0 Å². The van der Waals surface area contributed by atoms with E-state index in [1.165, 1.54) is 0 Å². The van der Waals surface area contributed by atoms with Gasteiger partial charge in [0.05, 0.1) is 18.1 Å². The van der Waals surface area contributed by atoms with Gasteiger partial charge < -0.3 is 5.32 Å². The molecule has 4 heteroatoms. The number of carbonyl (C=O) groups excluding carboxylic acids is 1. The van der Waals surface area contributed by atoms with Gasteiger partial charge in [-0.3, -0.25) is 4.79 Å². The van der Waals surface area contributed by atoms with Crippen molar-refractivity contribution in [3.63, 3.8) is 0 Å². The third kappa shape index (κ3) is 3.94. The lowest BCUT2D eigenvalue weighted by atomic mass is 10.1. The fraction of sp³-hybridized carbons (Fsp3) is 0.125. The molecule has 2 rings (SSSR count). The number of halogens is 1. The second-order valence-corrected chi connectivity index (χ2v) is 5.21. The van der Waals surface area contributed by atoms with Crippen LogP contribution in [0.5, 0.6) is 0 Å². The Morgan fingerprint density at radius 2 is 1.85 bits per heavy atom. The zero-order valence-corrected chi connectivity index (χ0v) is 12.4. The van der Waals surface area contributed by atoms with E-state index in [2.05, 4.69) is 27.3 Å². The minimum Gasteiger partial charge on any atom is -0.352 e. The Bertz CT molecular complexity index is 644. The first-order valence-electron chi connectivity index (χ1n) is 6.18. The molecule has 0 saturated carbocycles. The van der Waals surface area contributed by atoms with Crippen molar-refractivity contribution in [1.29, 1.82) is 5.26 Å². The number of nitrogens with zero attached hydrogens (tertiary/aromatic N) is 1. The molecule has 0 aliphatic heterocycles. The van der Waals surface area contributed by atoms with Gasteiger partial charge in [0.2, 0.25) is 5.91 Å². The largest absolute Gasteiger partial charge is 0.352 e. The molecular formula is C16H13BrN2O. The van der Waals surface area contributed by atoms with Crippen molar-refractivity contribution in [2.45, 2.75) is 13.0 Å².